The molecule has 0 aliphatic carbocycles. The van der Waals surface area contributed by atoms with E-state index >= 15 is 0 Å². The lowest BCUT2D eigenvalue weighted by Crippen LogP contribution is -2.32. The first kappa shape index (κ1) is 22.0. The smallest absolute Gasteiger partial charge is 0.329 e. The standard InChI is InChI=1S/C23H19ClFN3O3/c1-15(27-28-23(30)22(29)26-19-7-4-6-18(24)13-19)16-9-11-20(12-10-16)31-14-17-5-2-3-8-21(17)25/h2-13H,14H2,1H3,(H,26,29)(H,28,30). The molecule has 2 N–H and O–H groups in total. The van der Waals surface area contributed by atoms with Gasteiger partial charge in [0.2, 0.25) is 0 Å². The molecular formula is C23H19ClFN3O3. The third kappa shape index (κ3) is 6.38. The van der Waals surface area contributed by atoms with Crippen LogP contribution >= 0.6 is 11.6 Å². The quantitative estimate of drug-likeness (QED) is 0.336. The van der Waals surface area contributed by atoms with E-state index in [2.05, 4.69) is 15.8 Å². The fourth-order valence-corrected chi connectivity index (χ4v) is 2.76. The number of ether oxygens (including phenoxy) is 1. The average Bonchev–Trinajstić information content (AvgIpc) is 2.77. The largest absolute Gasteiger partial charge is 0.489 e. The molecule has 3 aromatic rings. The van der Waals surface area contributed by atoms with E-state index in [1.165, 1.54) is 12.1 Å². The van der Waals surface area contributed by atoms with Gasteiger partial charge in [0.05, 0.1) is 5.71 Å². The van der Waals surface area contributed by atoms with Gasteiger partial charge in [-0.2, -0.15) is 5.10 Å². The van der Waals surface area contributed by atoms with E-state index in [4.69, 9.17) is 16.3 Å². The SMILES string of the molecule is CC(=NNC(=O)C(=O)Nc1cccc(Cl)c1)c1ccc(OCc2ccccc2F)cc1. The minimum Gasteiger partial charge on any atom is -0.489 e. The lowest BCUT2D eigenvalue weighted by Gasteiger charge is -2.08. The number of amides is 2. The van der Waals surface area contributed by atoms with Crippen molar-refractivity contribution >= 4 is 34.8 Å². The Bertz CT molecular complexity index is 1120. The molecule has 31 heavy (non-hydrogen) atoms. The van der Waals surface area contributed by atoms with Crippen LogP contribution < -0.4 is 15.5 Å². The summed E-state index contributed by atoms with van der Waals surface area (Å²) >= 11 is 5.85. The Balaban J connectivity index is 1.54. The summed E-state index contributed by atoms with van der Waals surface area (Å²) in [7, 11) is 0. The Kier molecular flexibility index (Phi) is 7.35. The van der Waals surface area contributed by atoms with E-state index < -0.39 is 11.8 Å². The Morgan fingerprint density at radius 3 is 2.45 bits per heavy atom. The molecule has 158 valence electrons. The Hall–Kier alpha value is -3.71. The number of anilines is 1. The molecule has 0 radical (unpaired) electrons. The first-order valence-electron chi connectivity index (χ1n) is 9.30. The predicted molar refractivity (Wildman–Crippen MR) is 118 cm³/mol. The van der Waals surface area contributed by atoms with Crippen molar-refractivity contribution in [3.8, 4) is 5.75 Å². The maximum atomic E-state index is 13.6. The van der Waals surface area contributed by atoms with Gasteiger partial charge >= 0.3 is 11.8 Å². The normalized spacial score (nSPS) is 11.0. The monoisotopic (exact) mass is 439 g/mol. The van der Waals surface area contributed by atoms with Gasteiger partial charge in [0, 0.05) is 16.3 Å². The van der Waals surface area contributed by atoms with Gasteiger partial charge in [-0.05, 0) is 61.0 Å². The molecule has 0 bridgehead atoms. The number of nitrogens with zero attached hydrogens (tertiary/aromatic N) is 1. The van der Waals surface area contributed by atoms with Gasteiger partial charge in [-0.15, -0.1) is 0 Å². The molecule has 0 aromatic heterocycles. The highest BCUT2D eigenvalue weighted by Crippen LogP contribution is 2.16. The van der Waals surface area contributed by atoms with E-state index in [0.29, 0.717) is 33.3 Å². The van der Waals surface area contributed by atoms with E-state index in [-0.39, 0.29) is 12.4 Å². The van der Waals surface area contributed by atoms with Gasteiger partial charge in [-0.1, -0.05) is 35.9 Å². The van der Waals surface area contributed by atoms with Gasteiger partial charge in [0.25, 0.3) is 0 Å². The van der Waals surface area contributed by atoms with E-state index in [1.807, 2.05) is 0 Å². The van der Waals surface area contributed by atoms with Crippen LogP contribution in [0, 0.1) is 5.82 Å². The van der Waals surface area contributed by atoms with Crippen LogP contribution in [-0.4, -0.2) is 17.5 Å². The van der Waals surface area contributed by atoms with Crippen LogP contribution in [0.2, 0.25) is 5.02 Å². The summed E-state index contributed by atoms with van der Waals surface area (Å²) in [6.07, 6.45) is 0. The maximum Gasteiger partial charge on any atom is 0.329 e. The summed E-state index contributed by atoms with van der Waals surface area (Å²) in [5.41, 5.74) is 4.28. The molecule has 3 rings (SSSR count). The fraction of sp³-hybridized carbons (Fsp3) is 0.0870. The average molecular weight is 440 g/mol. The zero-order valence-corrected chi connectivity index (χ0v) is 17.3. The van der Waals surface area contributed by atoms with Crippen molar-refractivity contribution in [3.05, 3.63) is 94.8 Å². The van der Waals surface area contributed by atoms with Crippen molar-refractivity contribution in [2.75, 3.05) is 5.32 Å². The van der Waals surface area contributed by atoms with Crippen LogP contribution in [0.1, 0.15) is 18.1 Å². The second kappa shape index (κ2) is 10.4. The van der Waals surface area contributed by atoms with Gasteiger partial charge in [0.1, 0.15) is 18.2 Å². The van der Waals surface area contributed by atoms with Gasteiger partial charge in [-0.3, -0.25) is 9.59 Å². The van der Waals surface area contributed by atoms with Crippen LogP contribution in [0.25, 0.3) is 0 Å². The van der Waals surface area contributed by atoms with Crippen molar-refractivity contribution < 1.29 is 18.7 Å². The molecule has 6 nitrogen and oxygen atoms in total. The number of nitrogens with one attached hydrogen (secondary N) is 2. The third-order valence-corrected chi connectivity index (χ3v) is 4.47. The molecule has 0 heterocycles. The second-order valence-electron chi connectivity index (χ2n) is 6.51. The molecule has 0 atom stereocenters. The second-order valence-corrected chi connectivity index (χ2v) is 6.94. The maximum absolute atomic E-state index is 13.6. The highest BCUT2D eigenvalue weighted by molar-refractivity contribution is 6.39. The van der Waals surface area contributed by atoms with Crippen molar-refractivity contribution in [2.24, 2.45) is 5.10 Å². The van der Waals surface area contributed by atoms with Crippen LogP contribution in [0.15, 0.2) is 77.9 Å². The van der Waals surface area contributed by atoms with E-state index in [0.717, 1.165) is 0 Å². The topological polar surface area (TPSA) is 79.8 Å². The van der Waals surface area contributed by atoms with Crippen molar-refractivity contribution in [1.29, 1.82) is 0 Å². The number of carbonyl (C=O) groups excluding carboxylic acids is 2. The molecule has 2 amide bonds. The van der Waals surface area contributed by atoms with Crippen molar-refractivity contribution in [2.45, 2.75) is 13.5 Å². The molecule has 8 heteroatoms. The summed E-state index contributed by atoms with van der Waals surface area (Å²) in [6.45, 7) is 1.79. The molecule has 0 aliphatic rings. The highest BCUT2D eigenvalue weighted by Gasteiger charge is 2.13. The van der Waals surface area contributed by atoms with Gasteiger partial charge < -0.3 is 10.1 Å². The molecular weight excluding hydrogens is 421 g/mol. The molecule has 0 saturated carbocycles. The third-order valence-electron chi connectivity index (χ3n) is 4.24. The number of hydrazone groups is 1. The lowest BCUT2D eigenvalue weighted by molar-refractivity contribution is -0.136. The fourth-order valence-electron chi connectivity index (χ4n) is 2.57. The van der Waals surface area contributed by atoms with Crippen LogP contribution in [-0.2, 0) is 16.2 Å². The molecule has 0 unspecified atom stereocenters. The number of rotatable bonds is 6. The highest BCUT2D eigenvalue weighted by atomic mass is 35.5. The van der Waals surface area contributed by atoms with Gasteiger partial charge in [-0.25, -0.2) is 9.82 Å². The van der Waals surface area contributed by atoms with E-state index in [1.54, 1.807) is 67.6 Å². The van der Waals surface area contributed by atoms with Crippen LogP contribution in [0.4, 0.5) is 10.1 Å². The molecule has 0 aliphatic heterocycles. The minimum atomic E-state index is -0.913. The number of hydrogen-bond acceptors (Lipinski definition) is 4. The summed E-state index contributed by atoms with van der Waals surface area (Å²) in [6, 6.07) is 19.8. The number of halogens is 2. The molecule has 3 aromatic carbocycles. The number of hydrogen-bond donors (Lipinski definition) is 2. The van der Waals surface area contributed by atoms with E-state index in [9.17, 15) is 14.0 Å². The summed E-state index contributed by atoms with van der Waals surface area (Å²) < 4.78 is 19.2. The number of benzene rings is 3. The molecule has 0 fully saturated rings. The molecule has 0 spiro atoms. The first-order valence-corrected chi connectivity index (χ1v) is 9.68. The van der Waals surface area contributed by atoms with Crippen LogP contribution in [0.5, 0.6) is 5.75 Å². The lowest BCUT2D eigenvalue weighted by atomic mass is 10.1. The zero-order valence-electron chi connectivity index (χ0n) is 16.6. The summed E-state index contributed by atoms with van der Waals surface area (Å²) in [5, 5.41) is 6.82. The van der Waals surface area contributed by atoms with Crippen LogP contribution in [0.3, 0.4) is 0 Å². The molecule has 0 saturated heterocycles. The Morgan fingerprint density at radius 2 is 1.74 bits per heavy atom. The zero-order chi connectivity index (χ0) is 22.2. The summed E-state index contributed by atoms with van der Waals surface area (Å²) in [5.74, 6) is -1.54. The predicted octanol–water partition coefficient (Wildman–Crippen LogP) is 4.54. The summed E-state index contributed by atoms with van der Waals surface area (Å²) in [4.78, 5) is 23.9. The van der Waals surface area contributed by atoms with Crippen molar-refractivity contribution in [3.63, 3.8) is 0 Å². The minimum absolute atomic E-state index is 0.108. The van der Waals surface area contributed by atoms with Gasteiger partial charge in [0.15, 0.2) is 0 Å². The Morgan fingerprint density at radius 1 is 1.00 bits per heavy atom. The first-order chi connectivity index (χ1) is 14.9. The Labute approximate surface area is 183 Å². The van der Waals surface area contributed by atoms with Crippen molar-refractivity contribution in [1.82, 2.24) is 5.43 Å². The number of carbonyl (C=O) groups is 2.